The zero-order valence-corrected chi connectivity index (χ0v) is 6.83. The van der Waals surface area contributed by atoms with Crippen LogP contribution in [-0.2, 0) is 14.4 Å². The van der Waals surface area contributed by atoms with E-state index in [1.165, 1.54) is 6.92 Å². The van der Waals surface area contributed by atoms with Crippen molar-refractivity contribution in [3.05, 3.63) is 23.6 Å². The first-order valence-corrected chi connectivity index (χ1v) is 3.49. The minimum Gasteiger partial charge on any atom is -0.506 e. The van der Waals surface area contributed by atoms with Crippen molar-refractivity contribution >= 4 is 17.5 Å². The molecule has 1 aliphatic rings. The van der Waals surface area contributed by atoms with Crippen LogP contribution in [0.4, 0.5) is 0 Å². The summed E-state index contributed by atoms with van der Waals surface area (Å²) in [6, 6.07) is 0. The van der Waals surface area contributed by atoms with Crippen molar-refractivity contribution in [2.75, 3.05) is 0 Å². The normalized spacial score (nSPS) is 16.4. The van der Waals surface area contributed by atoms with Crippen molar-refractivity contribution in [1.29, 1.82) is 0 Å². The van der Waals surface area contributed by atoms with Crippen LogP contribution in [0.25, 0.3) is 0 Å². The summed E-state index contributed by atoms with van der Waals surface area (Å²) in [5, 5.41) is 11.3. The quantitative estimate of drug-likeness (QED) is 0.426. The molecule has 5 nitrogen and oxygen atoms in total. The summed E-state index contributed by atoms with van der Waals surface area (Å²) in [5.41, 5.74) is -0.0444. The maximum absolute atomic E-state index is 10.8. The SMILES string of the molecule is CC(=O)NC1=CC(=O)C(=O)C=C1O. The molecule has 1 amide bonds. The summed E-state index contributed by atoms with van der Waals surface area (Å²) in [4.78, 5) is 32.1. The minimum absolute atomic E-state index is 0.0444. The first-order chi connectivity index (χ1) is 6.00. The Morgan fingerprint density at radius 3 is 2.38 bits per heavy atom. The zero-order chi connectivity index (χ0) is 10.0. The monoisotopic (exact) mass is 181 g/mol. The van der Waals surface area contributed by atoms with Crippen molar-refractivity contribution in [2.45, 2.75) is 6.92 Å². The lowest BCUT2D eigenvalue weighted by Crippen LogP contribution is -2.26. The first kappa shape index (κ1) is 9.18. The molecule has 1 aliphatic carbocycles. The van der Waals surface area contributed by atoms with Crippen LogP contribution in [0.15, 0.2) is 23.6 Å². The van der Waals surface area contributed by atoms with Crippen LogP contribution in [0.2, 0.25) is 0 Å². The van der Waals surface area contributed by atoms with Crippen LogP contribution in [0.5, 0.6) is 0 Å². The highest BCUT2D eigenvalue weighted by molar-refractivity contribution is 6.46. The van der Waals surface area contributed by atoms with Gasteiger partial charge in [0.05, 0.1) is 5.70 Å². The number of allylic oxidation sites excluding steroid dienone is 2. The highest BCUT2D eigenvalue weighted by Crippen LogP contribution is 2.08. The summed E-state index contributed by atoms with van der Waals surface area (Å²) >= 11 is 0. The number of carbonyl (C=O) groups excluding carboxylic acids is 3. The zero-order valence-electron chi connectivity index (χ0n) is 6.83. The average molecular weight is 181 g/mol. The van der Waals surface area contributed by atoms with Crippen molar-refractivity contribution < 1.29 is 19.5 Å². The van der Waals surface area contributed by atoms with Gasteiger partial charge in [0.2, 0.25) is 17.5 Å². The molecule has 0 spiro atoms. The number of aliphatic hydroxyl groups excluding tert-OH is 1. The van der Waals surface area contributed by atoms with Gasteiger partial charge in [0, 0.05) is 19.1 Å². The third kappa shape index (κ3) is 2.02. The Morgan fingerprint density at radius 1 is 1.31 bits per heavy atom. The maximum atomic E-state index is 10.8. The molecule has 68 valence electrons. The van der Waals surface area contributed by atoms with Gasteiger partial charge in [-0.1, -0.05) is 0 Å². The third-order valence-corrected chi connectivity index (χ3v) is 1.37. The van der Waals surface area contributed by atoms with E-state index in [-0.39, 0.29) is 5.70 Å². The number of amides is 1. The highest BCUT2D eigenvalue weighted by Gasteiger charge is 2.19. The van der Waals surface area contributed by atoms with E-state index < -0.39 is 23.2 Å². The van der Waals surface area contributed by atoms with E-state index in [0.717, 1.165) is 12.2 Å². The van der Waals surface area contributed by atoms with Crippen molar-refractivity contribution in [3.8, 4) is 0 Å². The molecule has 0 aromatic heterocycles. The molecule has 0 aromatic carbocycles. The number of nitrogens with one attached hydrogen (secondary N) is 1. The van der Waals surface area contributed by atoms with Gasteiger partial charge in [0.1, 0.15) is 5.76 Å². The average Bonchev–Trinajstić information content (AvgIpc) is 1.99. The number of carbonyl (C=O) groups is 3. The Hall–Kier alpha value is -1.91. The van der Waals surface area contributed by atoms with E-state index in [2.05, 4.69) is 5.32 Å². The minimum atomic E-state index is -0.799. The number of aliphatic hydroxyl groups is 1. The van der Waals surface area contributed by atoms with Gasteiger partial charge >= 0.3 is 0 Å². The molecule has 13 heavy (non-hydrogen) atoms. The fourth-order valence-electron chi connectivity index (χ4n) is 0.839. The molecule has 0 atom stereocenters. The molecule has 0 bridgehead atoms. The predicted molar refractivity (Wildman–Crippen MR) is 42.6 cm³/mol. The Morgan fingerprint density at radius 2 is 1.85 bits per heavy atom. The second kappa shape index (κ2) is 3.22. The largest absolute Gasteiger partial charge is 0.506 e. The molecule has 1 rings (SSSR count). The Bertz CT molecular complexity index is 351. The van der Waals surface area contributed by atoms with E-state index in [9.17, 15) is 14.4 Å². The van der Waals surface area contributed by atoms with Crippen molar-refractivity contribution in [3.63, 3.8) is 0 Å². The molecular weight excluding hydrogens is 174 g/mol. The van der Waals surface area contributed by atoms with Crippen LogP contribution >= 0.6 is 0 Å². The van der Waals surface area contributed by atoms with Gasteiger partial charge in [-0.05, 0) is 0 Å². The van der Waals surface area contributed by atoms with Crippen LogP contribution in [0.1, 0.15) is 6.92 Å². The number of hydrogen-bond acceptors (Lipinski definition) is 4. The van der Waals surface area contributed by atoms with Gasteiger partial charge < -0.3 is 10.4 Å². The molecular formula is C8H7NO4. The first-order valence-electron chi connectivity index (χ1n) is 3.49. The second-order valence-corrected chi connectivity index (χ2v) is 2.50. The topological polar surface area (TPSA) is 83.5 Å². The van der Waals surface area contributed by atoms with E-state index in [0.29, 0.717) is 0 Å². The standard InChI is InChI=1S/C8H7NO4/c1-4(10)9-5-2-7(12)8(13)3-6(5)11/h2-3,11H,1H3,(H,9,10). The molecule has 0 saturated heterocycles. The Kier molecular flexibility index (Phi) is 2.27. The van der Waals surface area contributed by atoms with Gasteiger partial charge in [-0.2, -0.15) is 0 Å². The van der Waals surface area contributed by atoms with E-state index in [1.807, 2.05) is 0 Å². The van der Waals surface area contributed by atoms with Crippen molar-refractivity contribution in [2.24, 2.45) is 0 Å². The molecule has 0 aliphatic heterocycles. The summed E-state index contributed by atoms with van der Waals surface area (Å²) in [6.07, 6.45) is 1.66. The van der Waals surface area contributed by atoms with Gasteiger partial charge in [0.15, 0.2) is 0 Å². The highest BCUT2D eigenvalue weighted by atomic mass is 16.3. The summed E-state index contributed by atoms with van der Waals surface area (Å²) in [7, 11) is 0. The molecule has 0 fully saturated rings. The van der Waals surface area contributed by atoms with Gasteiger partial charge in [-0.25, -0.2) is 0 Å². The maximum Gasteiger partial charge on any atom is 0.229 e. The smallest absolute Gasteiger partial charge is 0.229 e. The summed E-state index contributed by atoms with van der Waals surface area (Å²) in [6.45, 7) is 1.23. The fraction of sp³-hybridized carbons (Fsp3) is 0.125. The Balaban J connectivity index is 2.92. The fourth-order valence-corrected chi connectivity index (χ4v) is 0.839. The van der Waals surface area contributed by atoms with E-state index in [1.54, 1.807) is 0 Å². The summed E-state index contributed by atoms with van der Waals surface area (Å²) in [5.74, 6) is -2.39. The molecule has 0 aromatic rings. The van der Waals surface area contributed by atoms with Gasteiger partial charge in [-0.15, -0.1) is 0 Å². The van der Waals surface area contributed by atoms with Crippen LogP contribution < -0.4 is 5.32 Å². The lowest BCUT2D eigenvalue weighted by atomic mass is 10.1. The molecule has 5 heteroatoms. The predicted octanol–water partition coefficient (Wildman–Crippen LogP) is -0.400. The molecule has 0 radical (unpaired) electrons. The van der Waals surface area contributed by atoms with E-state index >= 15 is 0 Å². The van der Waals surface area contributed by atoms with Crippen LogP contribution in [0, 0.1) is 0 Å². The van der Waals surface area contributed by atoms with E-state index in [4.69, 9.17) is 5.11 Å². The van der Waals surface area contributed by atoms with Gasteiger partial charge in [0.25, 0.3) is 0 Å². The number of ketones is 2. The molecule has 2 N–H and O–H groups in total. The molecule has 0 unspecified atom stereocenters. The lowest BCUT2D eigenvalue weighted by Gasteiger charge is -2.09. The lowest BCUT2D eigenvalue weighted by molar-refractivity contribution is -0.131. The van der Waals surface area contributed by atoms with Crippen LogP contribution in [0.3, 0.4) is 0 Å². The Labute approximate surface area is 73.7 Å². The summed E-state index contributed by atoms with van der Waals surface area (Å²) < 4.78 is 0. The number of rotatable bonds is 1. The second-order valence-electron chi connectivity index (χ2n) is 2.50. The van der Waals surface area contributed by atoms with Crippen LogP contribution in [-0.4, -0.2) is 22.6 Å². The third-order valence-electron chi connectivity index (χ3n) is 1.37. The van der Waals surface area contributed by atoms with Crippen molar-refractivity contribution in [1.82, 2.24) is 5.32 Å². The van der Waals surface area contributed by atoms with Gasteiger partial charge in [-0.3, -0.25) is 14.4 Å². The molecule has 0 saturated carbocycles. The number of hydrogen-bond donors (Lipinski definition) is 2. The molecule has 0 heterocycles.